The second-order valence-electron chi connectivity index (χ2n) is 6.50. The smallest absolute Gasteiger partial charge is 0.220 e. The number of hydrogen-bond acceptors (Lipinski definition) is 2. The van der Waals surface area contributed by atoms with E-state index in [0.29, 0.717) is 6.42 Å². The van der Waals surface area contributed by atoms with Crippen molar-refractivity contribution in [3.8, 4) is 0 Å². The number of para-hydroxylation sites is 1. The Hall–Kier alpha value is -1.23. The third-order valence-corrected chi connectivity index (χ3v) is 4.82. The molecule has 0 spiro atoms. The van der Waals surface area contributed by atoms with E-state index in [9.17, 15) is 4.79 Å². The molecule has 1 aliphatic heterocycles. The van der Waals surface area contributed by atoms with Crippen molar-refractivity contribution in [2.45, 2.75) is 38.6 Å². The van der Waals surface area contributed by atoms with E-state index in [2.05, 4.69) is 51.7 Å². The van der Waals surface area contributed by atoms with Crippen LogP contribution in [0.1, 0.15) is 32.1 Å². The Labute approximate surface area is 162 Å². The van der Waals surface area contributed by atoms with Crippen LogP contribution < -0.4 is 10.6 Å². The summed E-state index contributed by atoms with van der Waals surface area (Å²) in [5.41, 5.74) is 1.27. The molecule has 0 atom stereocenters. The summed E-state index contributed by atoms with van der Waals surface area (Å²) in [6, 6.07) is 10.6. The van der Waals surface area contributed by atoms with Gasteiger partial charge in [0.1, 0.15) is 0 Å². The van der Waals surface area contributed by atoms with Crippen molar-refractivity contribution in [3.05, 3.63) is 36.5 Å². The third kappa shape index (κ3) is 6.53. The number of benzene rings is 1. The molecular weight excluding hydrogens is 357 g/mol. The minimum absolute atomic E-state index is 0. The molecule has 25 heavy (non-hydrogen) atoms. The van der Waals surface area contributed by atoms with Gasteiger partial charge in [-0.15, -0.1) is 24.8 Å². The van der Waals surface area contributed by atoms with E-state index in [-0.39, 0.29) is 30.7 Å². The topological polar surface area (TPSA) is 46.1 Å². The van der Waals surface area contributed by atoms with Crippen LogP contribution in [0.4, 0.5) is 0 Å². The number of piperidine rings is 1. The van der Waals surface area contributed by atoms with Crippen LogP contribution >= 0.6 is 24.8 Å². The van der Waals surface area contributed by atoms with Gasteiger partial charge in [0.2, 0.25) is 5.91 Å². The number of amides is 1. The van der Waals surface area contributed by atoms with Crippen LogP contribution in [-0.2, 0) is 11.3 Å². The number of halogens is 2. The number of fused-ring (bicyclic) bond motifs is 1. The van der Waals surface area contributed by atoms with Crippen molar-refractivity contribution in [1.82, 2.24) is 15.2 Å². The summed E-state index contributed by atoms with van der Waals surface area (Å²) in [5.74, 6) is 0.939. The van der Waals surface area contributed by atoms with Crippen LogP contribution in [0.2, 0.25) is 0 Å². The van der Waals surface area contributed by atoms with E-state index in [4.69, 9.17) is 0 Å². The van der Waals surface area contributed by atoms with Crippen molar-refractivity contribution >= 4 is 41.6 Å². The van der Waals surface area contributed by atoms with Crippen LogP contribution in [0.3, 0.4) is 0 Å². The molecule has 140 valence electrons. The first kappa shape index (κ1) is 21.8. The van der Waals surface area contributed by atoms with Gasteiger partial charge in [-0.1, -0.05) is 18.2 Å². The zero-order valence-electron chi connectivity index (χ0n) is 14.6. The quantitative estimate of drug-likeness (QED) is 0.712. The van der Waals surface area contributed by atoms with E-state index in [1.165, 1.54) is 23.7 Å². The fourth-order valence-electron chi connectivity index (χ4n) is 3.41. The number of aromatic nitrogens is 1. The Morgan fingerprint density at radius 2 is 1.92 bits per heavy atom. The molecule has 1 aliphatic rings. The Balaban J connectivity index is 0.00000156. The van der Waals surface area contributed by atoms with E-state index in [1.807, 2.05) is 0 Å². The van der Waals surface area contributed by atoms with Crippen LogP contribution in [0.15, 0.2) is 36.5 Å². The first-order chi connectivity index (χ1) is 11.3. The monoisotopic (exact) mass is 385 g/mol. The molecule has 0 radical (unpaired) electrons. The Morgan fingerprint density at radius 3 is 2.72 bits per heavy atom. The number of carbonyl (C=O) groups excluding carboxylic acids is 1. The van der Waals surface area contributed by atoms with Gasteiger partial charge in [-0.2, -0.15) is 0 Å². The Bertz CT molecular complexity index is 638. The molecule has 3 rings (SSSR count). The number of aryl methyl sites for hydroxylation is 1. The highest BCUT2D eigenvalue weighted by molar-refractivity contribution is 5.85. The van der Waals surface area contributed by atoms with Crippen LogP contribution in [0, 0.1) is 5.92 Å². The summed E-state index contributed by atoms with van der Waals surface area (Å²) in [4.78, 5) is 11.9. The van der Waals surface area contributed by atoms with Crippen molar-refractivity contribution in [1.29, 1.82) is 0 Å². The molecule has 0 unspecified atom stereocenters. The number of rotatable bonds is 7. The minimum atomic E-state index is 0. The molecule has 2 heterocycles. The van der Waals surface area contributed by atoms with Gasteiger partial charge in [-0.05, 0) is 62.2 Å². The first-order valence-electron chi connectivity index (χ1n) is 8.84. The maximum Gasteiger partial charge on any atom is 0.220 e. The van der Waals surface area contributed by atoms with Crippen molar-refractivity contribution in [2.75, 3.05) is 19.6 Å². The molecule has 1 saturated heterocycles. The largest absolute Gasteiger partial charge is 0.356 e. The summed E-state index contributed by atoms with van der Waals surface area (Å²) in [5, 5.41) is 7.71. The van der Waals surface area contributed by atoms with Gasteiger partial charge in [0.25, 0.3) is 0 Å². The maximum absolute atomic E-state index is 11.9. The molecule has 1 aromatic heterocycles. The van der Waals surface area contributed by atoms with Crippen molar-refractivity contribution in [3.63, 3.8) is 0 Å². The molecular formula is C19H29Cl2N3O. The fourth-order valence-corrected chi connectivity index (χ4v) is 3.41. The lowest BCUT2D eigenvalue weighted by Crippen LogP contribution is -2.29. The van der Waals surface area contributed by atoms with Crippen LogP contribution in [-0.4, -0.2) is 30.1 Å². The molecule has 2 aromatic rings. The molecule has 6 heteroatoms. The SMILES string of the molecule is Cl.Cl.O=C(CCC1CCNCC1)NCCCn1ccc2ccccc21. The normalized spacial score (nSPS) is 14.6. The van der Waals surface area contributed by atoms with Crippen molar-refractivity contribution < 1.29 is 4.79 Å². The molecule has 1 aromatic carbocycles. The molecule has 1 amide bonds. The zero-order valence-corrected chi connectivity index (χ0v) is 16.2. The van der Waals surface area contributed by atoms with Gasteiger partial charge in [-0.3, -0.25) is 4.79 Å². The van der Waals surface area contributed by atoms with Crippen LogP contribution in [0.25, 0.3) is 10.9 Å². The van der Waals surface area contributed by atoms with Gasteiger partial charge in [0, 0.05) is 31.2 Å². The van der Waals surface area contributed by atoms with E-state index >= 15 is 0 Å². The summed E-state index contributed by atoms with van der Waals surface area (Å²) >= 11 is 0. The molecule has 2 N–H and O–H groups in total. The molecule has 0 aliphatic carbocycles. The average molecular weight is 386 g/mol. The molecule has 4 nitrogen and oxygen atoms in total. The Morgan fingerprint density at radius 1 is 1.16 bits per heavy atom. The number of hydrogen-bond donors (Lipinski definition) is 2. The van der Waals surface area contributed by atoms with Gasteiger partial charge in [0.15, 0.2) is 0 Å². The summed E-state index contributed by atoms with van der Waals surface area (Å²) < 4.78 is 2.26. The van der Waals surface area contributed by atoms with Crippen LogP contribution in [0.5, 0.6) is 0 Å². The zero-order chi connectivity index (χ0) is 15.9. The lowest BCUT2D eigenvalue weighted by molar-refractivity contribution is -0.121. The molecule has 0 bridgehead atoms. The fraction of sp³-hybridized carbons (Fsp3) is 0.526. The lowest BCUT2D eigenvalue weighted by atomic mass is 9.93. The number of carbonyl (C=O) groups is 1. The first-order valence-corrected chi connectivity index (χ1v) is 8.84. The maximum atomic E-state index is 11.9. The molecule has 0 saturated carbocycles. The predicted octanol–water partition coefficient (Wildman–Crippen LogP) is 3.77. The van der Waals surface area contributed by atoms with E-state index in [1.54, 1.807) is 0 Å². The van der Waals surface area contributed by atoms with E-state index in [0.717, 1.165) is 44.9 Å². The standard InChI is InChI=1S/C19H27N3O.2ClH/c23-19(7-6-16-8-12-20-13-9-16)21-11-3-14-22-15-10-17-4-1-2-5-18(17)22;;/h1-2,4-5,10,15-16,20H,3,6-9,11-14H2,(H,21,23);2*1H. The highest BCUT2D eigenvalue weighted by atomic mass is 35.5. The van der Waals surface area contributed by atoms with Crippen molar-refractivity contribution in [2.24, 2.45) is 5.92 Å². The lowest BCUT2D eigenvalue weighted by Gasteiger charge is -2.22. The summed E-state index contributed by atoms with van der Waals surface area (Å²) in [7, 11) is 0. The second-order valence-corrected chi connectivity index (χ2v) is 6.50. The minimum Gasteiger partial charge on any atom is -0.356 e. The number of nitrogens with zero attached hydrogens (tertiary/aromatic N) is 1. The highest BCUT2D eigenvalue weighted by Crippen LogP contribution is 2.17. The summed E-state index contributed by atoms with van der Waals surface area (Å²) in [6.45, 7) is 3.92. The van der Waals surface area contributed by atoms with E-state index < -0.39 is 0 Å². The average Bonchev–Trinajstić information content (AvgIpc) is 3.01. The van der Waals surface area contributed by atoms with Gasteiger partial charge >= 0.3 is 0 Å². The molecule has 1 fully saturated rings. The Kier molecular flexibility index (Phi) is 9.94. The summed E-state index contributed by atoms with van der Waals surface area (Å²) in [6.07, 6.45) is 7.25. The highest BCUT2D eigenvalue weighted by Gasteiger charge is 2.14. The third-order valence-electron chi connectivity index (χ3n) is 4.82. The predicted molar refractivity (Wildman–Crippen MR) is 109 cm³/mol. The van der Waals surface area contributed by atoms with Gasteiger partial charge in [-0.25, -0.2) is 0 Å². The second kappa shape index (κ2) is 11.4. The van der Waals surface area contributed by atoms with Gasteiger partial charge in [0.05, 0.1) is 0 Å². The van der Waals surface area contributed by atoms with Gasteiger partial charge < -0.3 is 15.2 Å². The number of nitrogens with one attached hydrogen (secondary N) is 2.